The first-order chi connectivity index (χ1) is 10.2. The maximum Gasteiger partial charge on any atom is 0.248 e. The first-order valence-corrected chi connectivity index (χ1v) is 7.27. The van der Waals surface area contributed by atoms with E-state index in [1.54, 1.807) is 12.1 Å². The first-order valence-electron chi connectivity index (χ1n) is 7.27. The highest BCUT2D eigenvalue weighted by atomic mass is 16.1. The predicted molar refractivity (Wildman–Crippen MR) is 85.1 cm³/mol. The molecule has 0 unspecified atom stereocenters. The monoisotopic (exact) mass is 286 g/mol. The number of carbonyl (C=O) groups is 1. The van der Waals surface area contributed by atoms with Crippen molar-refractivity contribution in [3.8, 4) is 0 Å². The molecule has 21 heavy (non-hydrogen) atoms. The van der Waals surface area contributed by atoms with E-state index >= 15 is 0 Å². The Hall–Kier alpha value is -2.30. The molecule has 0 aliphatic heterocycles. The van der Waals surface area contributed by atoms with Crippen LogP contribution in [-0.4, -0.2) is 24.5 Å². The molecule has 0 heterocycles. The summed E-state index contributed by atoms with van der Waals surface area (Å²) in [5.41, 5.74) is 6.77. The maximum atomic E-state index is 11.2. The van der Waals surface area contributed by atoms with Gasteiger partial charge in [0, 0.05) is 18.2 Å². The lowest BCUT2D eigenvalue weighted by Crippen LogP contribution is -2.42. The summed E-state index contributed by atoms with van der Waals surface area (Å²) in [6.07, 6.45) is 6.41. The van der Waals surface area contributed by atoms with Crippen molar-refractivity contribution >= 4 is 11.9 Å². The van der Waals surface area contributed by atoms with Gasteiger partial charge in [-0.2, -0.15) is 0 Å². The number of aliphatic imine (C=N–C) groups is 1. The van der Waals surface area contributed by atoms with E-state index < -0.39 is 5.91 Å². The quantitative estimate of drug-likeness (QED) is 0.436. The summed E-state index contributed by atoms with van der Waals surface area (Å²) >= 11 is 0. The van der Waals surface area contributed by atoms with Crippen molar-refractivity contribution < 1.29 is 4.79 Å². The number of hydrogen-bond donors (Lipinski definition) is 3. The number of primary amides is 1. The van der Waals surface area contributed by atoms with E-state index in [0.29, 0.717) is 18.2 Å². The van der Waals surface area contributed by atoms with Crippen molar-refractivity contribution in [3.05, 3.63) is 47.5 Å². The van der Waals surface area contributed by atoms with Crippen LogP contribution in [0.2, 0.25) is 0 Å². The van der Waals surface area contributed by atoms with Gasteiger partial charge in [0.2, 0.25) is 5.91 Å². The van der Waals surface area contributed by atoms with Crippen LogP contribution in [0.25, 0.3) is 0 Å². The van der Waals surface area contributed by atoms with Crippen LogP contribution in [0.1, 0.15) is 35.7 Å². The Kier molecular flexibility index (Phi) is 5.37. The number of nitrogens with two attached hydrogens (primary N) is 1. The molecule has 112 valence electrons. The summed E-state index contributed by atoms with van der Waals surface area (Å²) < 4.78 is 0. The Morgan fingerprint density at radius 3 is 2.81 bits per heavy atom. The summed E-state index contributed by atoms with van der Waals surface area (Å²) in [5, 5.41) is 6.65. The lowest BCUT2D eigenvalue weighted by Gasteiger charge is -2.16. The van der Waals surface area contributed by atoms with E-state index in [9.17, 15) is 4.79 Å². The zero-order valence-electron chi connectivity index (χ0n) is 12.3. The topological polar surface area (TPSA) is 79.5 Å². The standard InChI is InChI=1S/C16H22N4O/c1-2-18-16(20-14-8-3-4-9-14)19-11-12-6-5-7-13(10-12)15(17)21/h3-7,10,14H,2,8-9,11H2,1H3,(H2,17,21)(H2,18,19,20). The van der Waals surface area contributed by atoms with Crippen LogP contribution < -0.4 is 16.4 Å². The molecule has 1 aromatic rings. The molecule has 0 radical (unpaired) electrons. The second-order valence-corrected chi connectivity index (χ2v) is 5.04. The van der Waals surface area contributed by atoms with Gasteiger partial charge in [-0.15, -0.1) is 0 Å². The number of guanidine groups is 1. The van der Waals surface area contributed by atoms with Crippen LogP contribution >= 0.6 is 0 Å². The highest BCUT2D eigenvalue weighted by Gasteiger charge is 2.11. The summed E-state index contributed by atoms with van der Waals surface area (Å²) in [4.78, 5) is 15.7. The van der Waals surface area contributed by atoms with Gasteiger partial charge in [-0.05, 0) is 37.5 Å². The Labute approximate surface area is 125 Å². The van der Waals surface area contributed by atoms with Crippen LogP contribution in [0.4, 0.5) is 0 Å². The smallest absolute Gasteiger partial charge is 0.248 e. The molecule has 0 bridgehead atoms. The average Bonchev–Trinajstić information content (AvgIpc) is 2.98. The lowest BCUT2D eigenvalue weighted by molar-refractivity contribution is 0.1000. The van der Waals surface area contributed by atoms with Crippen molar-refractivity contribution in [2.45, 2.75) is 32.4 Å². The summed E-state index contributed by atoms with van der Waals surface area (Å²) in [5.74, 6) is 0.388. The fourth-order valence-electron chi connectivity index (χ4n) is 2.24. The normalized spacial score (nSPS) is 15.2. The largest absolute Gasteiger partial charge is 0.366 e. The zero-order chi connectivity index (χ0) is 15.1. The van der Waals surface area contributed by atoms with Crippen LogP contribution in [0.15, 0.2) is 41.4 Å². The van der Waals surface area contributed by atoms with Crippen LogP contribution in [0, 0.1) is 0 Å². The summed E-state index contributed by atoms with van der Waals surface area (Å²) in [7, 11) is 0. The Bertz CT molecular complexity index is 543. The molecule has 0 atom stereocenters. The number of amides is 1. The predicted octanol–water partition coefficient (Wildman–Crippen LogP) is 1.56. The fourth-order valence-corrected chi connectivity index (χ4v) is 2.24. The minimum Gasteiger partial charge on any atom is -0.366 e. The van der Waals surface area contributed by atoms with E-state index in [0.717, 1.165) is 30.9 Å². The molecular weight excluding hydrogens is 264 g/mol. The van der Waals surface area contributed by atoms with E-state index in [-0.39, 0.29) is 0 Å². The SMILES string of the molecule is CCNC(=NCc1cccc(C(N)=O)c1)NC1CC=CC1. The second kappa shape index (κ2) is 7.47. The molecule has 0 fully saturated rings. The number of hydrogen-bond acceptors (Lipinski definition) is 2. The van der Waals surface area contributed by atoms with Crippen molar-refractivity contribution in [1.82, 2.24) is 10.6 Å². The molecular formula is C16H22N4O. The number of nitrogens with one attached hydrogen (secondary N) is 2. The number of nitrogens with zero attached hydrogens (tertiary/aromatic N) is 1. The van der Waals surface area contributed by atoms with Crippen LogP contribution in [0.5, 0.6) is 0 Å². The highest BCUT2D eigenvalue weighted by molar-refractivity contribution is 5.92. The Morgan fingerprint density at radius 1 is 1.38 bits per heavy atom. The average molecular weight is 286 g/mol. The molecule has 5 heteroatoms. The molecule has 0 spiro atoms. The van der Waals surface area contributed by atoms with Crippen molar-refractivity contribution in [1.29, 1.82) is 0 Å². The van der Waals surface area contributed by atoms with E-state index in [1.165, 1.54) is 0 Å². The van der Waals surface area contributed by atoms with Crippen molar-refractivity contribution in [2.24, 2.45) is 10.7 Å². The number of carbonyl (C=O) groups excluding carboxylic acids is 1. The fraction of sp³-hybridized carbons (Fsp3) is 0.375. The highest BCUT2D eigenvalue weighted by Crippen LogP contribution is 2.09. The molecule has 0 saturated heterocycles. The van der Waals surface area contributed by atoms with Gasteiger partial charge < -0.3 is 16.4 Å². The molecule has 0 aromatic heterocycles. The molecule has 1 aliphatic carbocycles. The Morgan fingerprint density at radius 2 is 2.14 bits per heavy atom. The Balaban J connectivity index is 2.00. The van der Waals surface area contributed by atoms with Gasteiger partial charge in [-0.25, -0.2) is 4.99 Å². The third kappa shape index (κ3) is 4.63. The van der Waals surface area contributed by atoms with E-state index in [2.05, 4.69) is 27.8 Å². The number of rotatable bonds is 5. The van der Waals surface area contributed by atoms with Gasteiger partial charge in [-0.3, -0.25) is 4.79 Å². The first kappa shape index (κ1) is 15.1. The van der Waals surface area contributed by atoms with E-state index in [1.807, 2.05) is 19.1 Å². The third-order valence-corrected chi connectivity index (χ3v) is 3.32. The molecule has 5 nitrogen and oxygen atoms in total. The second-order valence-electron chi connectivity index (χ2n) is 5.04. The minimum absolute atomic E-state index is 0.414. The van der Waals surface area contributed by atoms with Crippen molar-refractivity contribution in [2.75, 3.05) is 6.54 Å². The zero-order valence-corrected chi connectivity index (χ0v) is 12.3. The molecule has 2 rings (SSSR count). The molecule has 4 N–H and O–H groups in total. The van der Waals surface area contributed by atoms with Gasteiger partial charge in [0.05, 0.1) is 6.54 Å². The molecule has 1 aliphatic rings. The minimum atomic E-state index is -0.414. The molecule has 1 aromatic carbocycles. The lowest BCUT2D eigenvalue weighted by atomic mass is 10.1. The van der Waals surface area contributed by atoms with Gasteiger partial charge in [-0.1, -0.05) is 24.3 Å². The van der Waals surface area contributed by atoms with Gasteiger partial charge in [0.25, 0.3) is 0 Å². The number of benzene rings is 1. The third-order valence-electron chi connectivity index (χ3n) is 3.32. The summed E-state index contributed by atoms with van der Waals surface area (Å²) in [6.45, 7) is 3.36. The molecule has 0 saturated carbocycles. The van der Waals surface area contributed by atoms with Crippen LogP contribution in [-0.2, 0) is 6.54 Å². The summed E-state index contributed by atoms with van der Waals surface area (Å²) in [6, 6.07) is 7.68. The molecule has 1 amide bonds. The maximum absolute atomic E-state index is 11.2. The van der Waals surface area contributed by atoms with Gasteiger partial charge >= 0.3 is 0 Å². The van der Waals surface area contributed by atoms with Gasteiger partial charge in [0.1, 0.15) is 0 Å². The van der Waals surface area contributed by atoms with Gasteiger partial charge in [0.15, 0.2) is 5.96 Å². The van der Waals surface area contributed by atoms with Crippen molar-refractivity contribution in [3.63, 3.8) is 0 Å². The van der Waals surface area contributed by atoms with Crippen LogP contribution in [0.3, 0.4) is 0 Å². The van der Waals surface area contributed by atoms with E-state index in [4.69, 9.17) is 5.73 Å².